The number of nitrogens with zero attached hydrogens (tertiary/aromatic N) is 1. The van der Waals surface area contributed by atoms with Gasteiger partial charge in [0.05, 0.1) is 0 Å². The van der Waals surface area contributed by atoms with Crippen LogP contribution in [0.1, 0.15) is 13.8 Å². The highest BCUT2D eigenvalue weighted by Crippen LogP contribution is 1.66. The molecule has 0 aliphatic rings. The summed E-state index contributed by atoms with van der Waals surface area (Å²) in [6.07, 6.45) is 0. The standard InChI is InChI=1S/C4H9N3O.C3H6N2O3/c1-3(2)6-7-4(5)8;4-3(8)5-2(7)1-6/h1-2H3,(H3,5,7,8);6H,1H2,(H3,4,5,7,8). The number of hydrazone groups is 1. The van der Waals surface area contributed by atoms with E-state index in [1.54, 1.807) is 19.2 Å². The molecule has 0 radical (unpaired) electrons. The van der Waals surface area contributed by atoms with Gasteiger partial charge in [0.2, 0.25) is 0 Å². The average molecular weight is 233 g/mol. The number of hydrogen-bond donors (Lipinski definition) is 5. The molecular weight excluding hydrogens is 218 g/mol. The SMILES string of the molecule is CC(C)=NNC(N)=O.NC(=O)NC(=O)CO. The molecule has 5 amide bonds. The molecular formula is C7H15N5O4. The first kappa shape index (κ1) is 16.3. The number of hydrogen-bond acceptors (Lipinski definition) is 5. The van der Waals surface area contributed by atoms with Gasteiger partial charge in [0, 0.05) is 5.71 Å². The van der Waals surface area contributed by atoms with Gasteiger partial charge in [-0.3, -0.25) is 10.1 Å². The summed E-state index contributed by atoms with van der Waals surface area (Å²) in [7, 11) is 0. The summed E-state index contributed by atoms with van der Waals surface area (Å²) in [5, 5.41) is 13.1. The van der Waals surface area contributed by atoms with E-state index in [0.717, 1.165) is 5.71 Å². The fourth-order valence-corrected chi connectivity index (χ4v) is 0.344. The van der Waals surface area contributed by atoms with Crippen molar-refractivity contribution in [2.75, 3.05) is 6.61 Å². The minimum Gasteiger partial charge on any atom is -0.387 e. The van der Waals surface area contributed by atoms with E-state index in [2.05, 4.69) is 22.0 Å². The summed E-state index contributed by atoms with van der Waals surface area (Å²) in [5.41, 5.74) is 12.0. The van der Waals surface area contributed by atoms with E-state index in [4.69, 9.17) is 5.11 Å². The zero-order valence-corrected chi connectivity index (χ0v) is 8.98. The lowest BCUT2D eigenvalue weighted by Gasteiger charge is -1.92. The van der Waals surface area contributed by atoms with E-state index in [9.17, 15) is 14.4 Å². The van der Waals surface area contributed by atoms with Gasteiger partial charge in [0.15, 0.2) is 0 Å². The fraction of sp³-hybridized carbons (Fsp3) is 0.429. The summed E-state index contributed by atoms with van der Waals surface area (Å²) in [4.78, 5) is 29.6. The van der Waals surface area contributed by atoms with E-state index >= 15 is 0 Å². The molecule has 0 heterocycles. The highest BCUT2D eigenvalue weighted by molar-refractivity contribution is 5.93. The minimum atomic E-state index is -0.955. The van der Waals surface area contributed by atoms with Crippen LogP contribution >= 0.6 is 0 Å². The van der Waals surface area contributed by atoms with Crippen molar-refractivity contribution < 1.29 is 19.5 Å². The van der Waals surface area contributed by atoms with Crippen LogP contribution in [0.3, 0.4) is 0 Å². The fourth-order valence-electron chi connectivity index (χ4n) is 0.344. The maximum absolute atomic E-state index is 9.96. The quantitative estimate of drug-likeness (QED) is 0.282. The van der Waals surface area contributed by atoms with Crippen LogP contribution in [0.5, 0.6) is 0 Å². The molecule has 0 unspecified atom stereocenters. The van der Waals surface area contributed by atoms with Gasteiger partial charge >= 0.3 is 12.1 Å². The number of carbonyl (C=O) groups excluding carboxylic acids is 3. The van der Waals surface area contributed by atoms with Crippen molar-refractivity contribution in [3.05, 3.63) is 0 Å². The number of aliphatic hydroxyl groups excluding tert-OH is 1. The van der Waals surface area contributed by atoms with Crippen LogP contribution in [0, 0.1) is 0 Å². The third-order valence-corrected chi connectivity index (χ3v) is 0.796. The van der Waals surface area contributed by atoms with E-state index < -0.39 is 24.6 Å². The summed E-state index contributed by atoms with van der Waals surface area (Å²) in [6.45, 7) is 2.80. The van der Waals surface area contributed by atoms with Gasteiger partial charge in [-0.05, 0) is 13.8 Å². The molecule has 0 spiro atoms. The predicted molar refractivity (Wildman–Crippen MR) is 56.3 cm³/mol. The molecule has 0 fully saturated rings. The monoisotopic (exact) mass is 233 g/mol. The number of imide groups is 1. The Hall–Kier alpha value is -2.16. The molecule has 0 aliphatic carbocycles. The lowest BCUT2D eigenvalue weighted by atomic mass is 10.5. The lowest BCUT2D eigenvalue weighted by Crippen LogP contribution is -2.36. The molecule has 0 atom stereocenters. The molecule has 92 valence electrons. The third-order valence-electron chi connectivity index (χ3n) is 0.796. The van der Waals surface area contributed by atoms with E-state index in [1.165, 1.54) is 0 Å². The zero-order chi connectivity index (χ0) is 13.1. The Kier molecular flexibility index (Phi) is 9.56. The number of rotatable bonds is 2. The van der Waals surface area contributed by atoms with Crippen molar-refractivity contribution in [3.63, 3.8) is 0 Å². The average Bonchev–Trinajstić information content (AvgIpc) is 2.14. The molecule has 0 bridgehead atoms. The maximum atomic E-state index is 9.96. The Labute approximate surface area is 91.9 Å². The Balaban J connectivity index is 0. The van der Waals surface area contributed by atoms with Crippen molar-refractivity contribution >= 4 is 23.7 Å². The first-order chi connectivity index (χ1) is 7.29. The highest BCUT2D eigenvalue weighted by Gasteiger charge is 1.98. The summed E-state index contributed by atoms with van der Waals surface area (Å²) in [6, 6.07) is -1.59. The van der Waals surface area contributed by atoms with Gasteiger partial charge in [-0.1, -0.05) is 0 Å². The van der Waals surface area contributed by atoms with Crippen LogP contribution in [-0.4, -0.2) is 35.4 Å². The summed E-state index contributed by atoms with van der Waals surface area (Å²) < 4.78 is 0. The number of aliphatic hydroxyl groups is 1. The molecule has 16 heavy (non-hydrogen) atoms. The van der Waals surface area contributed by atoms with Gasteiger partial charge in [0.25, 0.3) is 5.91 Å². The van der Waals surface area contributed by atoms with Crippen LogP contribution in [0.25, 0.3) is 0 Å². The molecule has 0 aromatic heterocycles. The van der Waals surface area contributed by atoms with Crippen LogP contribution in [0.15, 0.2) is 5.10 Å². The molecule has 0 saturated carbocycles. The van der Waals surface area contributed by atoms with Crippen molar-refractivity contribution in [2.24, 2.45) is 16.6 Å². The van der Waals surface area contributed by atoms with E-state index in [1.807, 2.05) is 0 Å². The molecule has 0 rings (SSSR count). The lowest BCUT2D eigenvalue weighted by molar-refractivity contribution is -0.122. The number of amides is 5. The number of nitrogens with two attached hydrogens (primary N) is 2. The largest absolute Gasteiger partial charge is 0.387 e. The van der Waals surface area contributed by atoms with Gasteiger partial charge in [-0.2, -0.15) is 5.10 Å². The van der Waals surface area contributed by atoms with Crippen molar-refractivity contribution in [2.45, 2.75) is 13.8 Å². The molecule has 9 nitrogen and oxygen atoms in total. The third kappa shape index (κ3) is 17.8. The Morgan fingerprint density at radius 1 is 1.19 bits per heavy atom. The van der Waals surface area contributed by atoms with Crippen LogP contribution in [0.2, 0.25) is 0 Å². The maximum Gasteiger partial charge on any atom is 0.332 e. The predicted octanol–water partition coefficient (Wildman–Crippen LogP) is -1.78. The number of urea groups is 2. The van der Waals surface area contributed by atoms with Gasteiger partial charge in [0.1, 0.15) is 6.61 Å². The normalized spacial score (nSPS) is 7.94. The number of primary amides is 2. The second-order valence-corrected chi connectivity index (χ2v) is 2.61. The van der Waals surface area contributed by atoms with Crippen LogP contribution in [0.4, 0.5) is 9.59 Å². The molecule has 0 aromatic carbocycles. The molecule has 0 aliphatic heterocycles. The second kappa shape index (κ2) is 9.40. The Morgan fingerprint density at radius 2 is 1.69 bits per heavy atom. The topological polar surface area (TPSA) is 160 Å². The molecule has 7 N–H and O–H groups in total. The summed E-state index contributed by atoms with van der Waals surface area (Å²) in [5.74, 6) is -0.794. The van der Waals surface area contributed by atoms with Gasteiger partial charge in [-0.25, -0.2) is 15.0 Å². The number of carbonyl (C=O) groups is 3. The van der Waals surface area contributed by atoms with Crippen molar-refractivity contribution in [1.82, 2.24) is 10.7 Å². The van der Waals surface area contributed by atoms with Crippen molar-refractivity contribution in [1.29, 1.82) is 0 Å². The Morgan fingerprint density at radius 3 is 1.81 bits per heavy atom. The molecule has 9 heteroatoms. The molecule has 0 saturated heterocycles. The van der Waals surface area contributed by atoms with Gasteiger partial charge in [-0.15, -0.1) is 0 Å². The Bertz CT molecular complexity index is 285. The highest BCUT2D eigenvalue weighted by atomic mass is 16.3. The van der Waals surface area contributed by atoms with Gasteiger partial charge < -0.3 is 16.6 Å². The first-order valence-corrected chi connectivity index (χ1v) is 4.06. The van der Waals surface area contributed by atoms with Crippen LogP contribution in [-0.2, 0) is 4.79 Å². The van der Waals surface area contributed by atoms with E-state index in [0.29, 0.717) is 0 Å². The van der Waals surface area contributed by atoms with Crippen molar-refractivity contribution in [3.8, 4) is 0 Å². The molecule has 0 aromatic rings. The summed E-state index contributed by atoms with van der Waals surface area (Å²) >= 11 is 0. The second-order valence-electron chi connectivity index (χ2n) is 2.61. The zero-order valence-electron chi connectivity index (χ0n) is 8.98. The van der Waals surface area contributed by atoms with E-state index in [-0.39, 0.29) is 0 Å². The smallest absolute Gasteiger partial charge is 0.332 e. The number of nitrogens with one attached hydrogen (secondary N) is 2. The minimum absolute atomic E-state index is 0.633. The van der Waals surface area contributed by atoms with Crippen LogP contribution < -0.4 is 22.2 Å². The first-order valence-electron chi connectivity index (χ1n) is 4.06.